The van der Waals surface area contributed by atoms with Gasteiger partial charge in [0.25, 0.3) is 0 Å². The molecule has 1 fully saturated rings. The zero-order chi connectivity index (χ0) is 11.4. The van der Waals surface area contributed by atoms with Gasteiger partial charge in [0.15, 0.2) is 0 Å². The summed E-state index contributed by atoms with van der Waals surface area (Å²) in [5.41, 5.74) is 8.00. The molecule has 88 valence electrons. The molecular formula is C15H23N. The first-order valence-electron chi connectivity index (χ1n) is 6.62. The van der Waals surface area contributed by atoms with Crippen LogP contribution in [0.15, 0.2) is 30.3 Å². The molecule has 1 atom stereocenters. The van der Waals surface area contributed by atoms with Crippen LogP contribution in [0, 0.1) is 5.92 Å². The maximum atomic E-state index is 6.74. The molecule has 1 aliphatic carbocycles. The first-order valence-corrected chi connectivity index (χ1v) is 6.62. The van der Waals surface area contributed by atoms with E-state index in [0.717, 1.165) is 6.42 Å². The van der Waals surface area contributed by atoms with Crippen LogP contribution in [0.4, 0.5) is 0 Å². The van der Waals surface area contributed by atoms with Gasteiger partial charge in [0.2, 0.25) is 0 Å². The quantitative estimate of drug-likeness (QED) is 0.815. The van der Waals surface area contributed by atoms with Gasteiger partial charge >= 0.3 is 0 Å². The SMILES string of the molecule is CCCC(N)(c1ccccc1)C1CCCC1. The summed E-state index contributed by atoms with van der Waals surface area (Å²) in [5, 5.41) is 0. The van der Waals surface area contributed by atoms with Gasteiger partial charge in [0.05, 0.1) is 0 Å². The van der Waals surface area contributed by atoms with Crippen molar-refractivity contribution < 1.29 is 0 Å². The Bertz CT molecular complexity index is 313. The second-order valence-corrected chi connectivity index (χ2v) is 5.14. The van der Waals surface area contributed by atoms with Gasteiger partial charge in [-0.05, 0) is 30.7 Å². The normalized spacial score (nSPS) is 20.9. The first-order chi connectivity index (χ1) is 7.77. The lowest BCUT2D eigenvalue weighted by Gasteiger charge is -2.36. The molecule has 16 heavy (non-hydrogen) atoms. The highest BCUT2D eigenvalue weighted by Crippen LogP contribution is 2.41. The van der Waals surface area contributed by atoms with Crippen molar-refractivity contribution in [1.82, 2.24) is 0 Å². The van der Waals surface area contributed by atoms with Crippen LogP contribution in [0.3, 0.4) is 0 Å². The summed E-state index contributed by atoms with van der Waals surface area (Å²) in [4.78, 5) is 0. The topological polar surface area (TPSA) is 26.0 Å². The number of hydrogen-bond acceptors (Lipinski definition) is 1. The fourth-order valence-corrected chi connectivity index (χ4v) is 3.19. The molecule has 1 unspecified atom stereocenters. The van der Waals surface area contributed by atoms with Crippen molar-refractivity contribution in [2.45, 2.75) is 51.0 Å². The van der Waals surface area contributed by atoms with E-state index in [1.165, 1.54) is 37.7 Å². The van der Waals surface area contributed by atoms with Gasteiger partial charge in [-0.2, -0.15) is 0 Å². The molecule has 1 nitrogen and oxygen atoms in total. The third-order valence-electron chi connectivity index (χ3n) is 4.06. The van der Waals surface area contributed by atoms with Crippen molar-refractivity contribution in [3.63, 3.8) is 0 Å². The van der Waals surface area contributed by atoms with Crippen LogP contribution in [0.25, 0.3) is 0 Å². The highest BCUT2D eigenvalue weighted by molar-refractivity contribution is 5.25. The maximum Gasteiger partial charge on any atom is 0.0438 e. The molecule has 0 aromatic heterocycles. The number of nitrogens with two attached hydrogens (primary N) is 1. The van der Waals surface area contributed by atoms with Crippen molar-refractivity contribution >= 4 is 0 Å². The van der Waals surface area contributed by atoms with E-state index in [1.807, 2.05) is 0 Å². The van der Waals surface area contributed by atoms with E-state index < -0.39 is 0 Å². The van der Waals surface area contributed by atoms with Gasteiger partial charge in [-0.3, -0.25) is 0 Å². The van der Waals surface area contributed by atoms with Gasteiger partial charge in [-0.25, -0.2) is 0 Å². The molecule has 0 aliphatic heterocycles. The third-order valence-corrected chi connectivity index (χ3v) is 4.06. The summed E-state index contributed by atoms with van der Waals surface area (Å²) in [6.07, 6.45) is 7.63. The fraction of sp³-hybridized carbons (Fsp3) is 0.600. The molecule has 1 aromatic carbocycles. The van der Waals surface area contributed by atoms with E-state index in [9.17, 15) is 0 Å². The molecule has 0 amide bonds. The van der Waals surface area contributed by atoms with Crippen LogP contribution in [0.1, 0.15) is 51.0 Å². The summed E-state index contributed by atoms with van der Waals surface area (Å²) >= 11 is 0. The van der Waals surface area contributed by atoms with Gasteiger partial charge in [-0.1, -0.05) is 56.5 Å². The summed E-state index contributed by atoms with van der Waals surface area (Å²) < 4.78 is 0. The van der Waals surface area contributed by atoms with E-state index in [-0.39, 0.29) is 5.54 Å². The average Bonchev–Trinajstić information content (AvgIpc) is 2.84. The minimum Gasteiger partial charge on any atom is -0.321 e. The van der Waals surface area contributed by atoms with E-state index >= 15 is 0 Å². The molecule has 0 spiro atoms. The molecule has 2 N–H and O–H groups in total. The minimum atomic E-state index is -0.0769. The predicted molar refractivity (Wildman–Crippen MR) is 69.2 cm³/mol. The summed E-state index contributed by atoms with van der Waals surface area (Å²) in [6.45, 7) is 2.24. The highest BCUT2D eigenvalue weighted by Gasteiger charge is 2.36. The lowest BCUT2D eigenvalue weighted by Crippen LogP contribution is -2.43. The third kappa shape index (κ3) is 2.15. The Morgan fingerprint density at radius 3 is 2.38 bits per heavy atom. The van der Waals surface area contributed by atoms with Crippen molar-refractivity contribution in [1.29, 1.82) is 0 Å². The van der Waals surface area contributed by atoms with Crippen LogP contribution >= 0.6 is 0 Å². The largest absolute Gasteiger partial charge is 0.321 e. The fourth-order valence-electron chi connectivity index (χ4n) is 3.19. The molecule has 0 heterocycles. The van der Waals surface area contributed by atoms with Crippen molar-refractivity contribution in [3.05, 3.63) is 35.9 Å². The van der Waals surface area contributed by atoms with E-state index in [0.29, 0.717) is 5.92 Å². The van der Waals surface area contributed by atoms with Gasteiger partial charge in [0.1, 0.15) is 0 Å². The zero-order valence-corrected chi connectivity index (χ0v) is 10.3. The van der Waals surface area contributed by atoms with Crippen LogP contribution < -0.4 is 5.73 Å². The number of rotatable bonds is 4. The molecule has 2 rings (SSSR count). The zero-order valence-electron chi connectivity index (χ0n) is 10.3. The van der Waals surface area contributed by atoms with E-state index in [2.05, 4.69) is 37.3 Å². The maximum absolute atomic E-state index is 6.74. The van der Waals surface area contributed by atoms with Crippen LogP contribution in [0.5, 0.6) is 0 Å². The summed E-state index contributed by atoms with van der Waals surface area (Å²) in [6, 6.07) is 10.7. The van der Waals surface area contributed by atoms with Gasteiger partial charge in [-0.15, -0.1) is 0 Å². The Hall–Kier alpha value is -0.820. The van der Waals surface area contributed by atoms with Crippen LogP contribution in [0.2, 0.25) is 0 Å². The van der Waals surface area contributed by atoms with Crippen LogP contribution in [-0.4, -0.2) is 0 Å². The highest BCUT2D eigenvalue weighted by atomic mass is 14.8. The molecule has 1 heteroatoms. The lowest BCUT2D eigenvalue weighted by molar-refractivity contribution is 0.257. The lowest BCUT2D eigenvalue weighted by atomic mass is 9.75. The molecule has 0 bridgehead atoms. The average molecular weight is 217 g/mol. The summed E-state index contributed by atoms with van der Waals surface area (Å²) in [5.74, 6) is 0.690. The van der Waals surface area contributed by atoms with Gasteiger partial charge in [0, 0.05) is 5.54 Å². The van der Waals surface area contributed by atoms with Gasteiger partial charge < -0.3 is 5.73 Å². The Labute approximate surface area is 99.0 Å². The Morgan fingerprint density at radius 2 is 1.81 bits per heavy atom. The second kappa shape index (κ2) is 5.01. The van der Waals surface area contributed by atoms with E-state index in [4.69, 9.17) is 5.73 Å². The Kier molecular flexibility index (Phi) is 3.65. The number of hydrogen-bond donors (Lipinski definition) is 1. The van der Waals surface area contributed by atoms with Crippen molar-refractivity contribution in [3.8, 4) is 0 Å². The standard InChI is InChI=1S/C15H23N/c1-2-12-15(16,14-10-6-7-11-14)13-8-4-3-5-9-13/h3-5,8-9,14H,2,6-7,10-12,16H2,1H3. The molecule has 1 aromatic rings. The number of benzene rings is 1. The van der Waals surface area contributed by atoms with Crippen molar-refractivity contribution in [2.24, 2.45) is 11.7 Å². The summed E-state index contributed by atoms with van der Waals surface area (Å²) in [7, 11) is 0. The first kappa shape index (κ1) is 11.7. The molecule has 1 aliphatic rings. The predicted octanol–water partition coefficient (Wildman–Crippen LogP) is 3.83. The van der Waals surface area contributed by atoms with Crippen LogP contribution in [-0.2, 0) is 5.54 Å². The molecular weight excluding hydrogens is 194 g/mol. The monoisotopic (exact) mass is 217 g/mol. The molecule has 0 radical (unpaired) electrons. The Morgan fingerprint density at radius 1 is 1.19 bits per heavy atom. The van der Waals surface area contributed by atoms with Crippen molar-refractivity contribution in [2.75, 3.05) is 0 Å². The molecule has 1 saturated carbocycles. The van der Waals surface area contributed by atoms with E-state index in [1.54, 1.807) is 0 Å². The Balaban J connectivity index is 2.27. The smallest absolute Gasteiger partial charge is 0.0438 e. The second-order valence-electron chi connectivity index (χ2n) is 5.14. The minimum absolute atomic E-state index is 0.0769. The molecule has 0 saturated heterocycles.